The van der Waals surface area contributed by atoms with Gasteiger partial charge in [-0.25, -0.2) is 0 Å². The van der Waals surface area contributed by atoms with Crippen molar-refractivity contribution in [2.24, 2.45) is 12.0 Å². The average Bonchev–Trinajstić information content (AvgIpc) is 3.07. The number of benzene rings is 1. The molecule has 1 aromatic heterocycles. The van der Waals surface area contributed by atoms with Gasteiger partial charge in [0, 0.05) is 49.0 Å². The van der Waals surface area contributed by atoms with Gasteiger partial charge >= 0.3 is 0 Å². The molecule has 1 N–H and O–H groups in total. The highest BCUT2D eigenvalue weighted by Crippen LogP contribution is 2.24. The van der Waals surface area contributed by atoms with Crippen LogP contribution in [0.2, 0.25) is 10.0 Å². The van der Waals surface area contributed by atoms with Crippen molar-refractivity contribution in [1.82, 2.24) is 20.0 Å². The summed E-state index contributed by atoms with van der Waals surface area (Å²) < 4.78 is 7.68. The number of halogens is 3. The first-order chi connectivity index (χ1) is 12.6. The van der Waals surface area contributed by atoms with E-state index in [2.05, 4.69) is 20.3 Å². The van der Waals surface area contributed by atoms with E-state index in [4.69, 9.17) is 27.9 Å². The Morgan fingerprint density at radius 1 is 1.37 bits per heavy atom. The Bertz CT molecular complexity index is 763. The minimum Gasteiger partial charge on any atom is -0.370 e. The van der Waals surface area contributed by atoms with Crippen molar-refractivity contribution in [3.8, 4) is 0 Å². The van der Waals surface area contributed by atoms with Gasteiger partial charge in [-0.15, -0.1) is 24.0 Å². The zero-order valence-corrected chi connectivity index (χ0v) is 19.2. The molecule has 1 aliphatic heterocycles. The smallest absolute Gasteiger partial charge is 0.193 e. The van der Waals surface area contributed by atoms with E-state index in [1.807, 2.05) is 37.6 Å². The molecule has 1 unspecified atom stereocenters. The summed E-state index contributed by atoms with van der Waals surface area (Å²) in [5.74, 6) is 0.852. The van der Waals surface area contributed by atoms with Crippen LogP contribution < -0.4 is 5.32 Å². The van der Waals surface area contributed by atoms with Crippen molar-refractivity contribution in [2.45, 2.75) is 12.5 Å². The third-order valence-corrected chi connectivity index (χ3v) is 5.10. The van der Waals surface area contributed by atoms with Gasteiger partial charge in [0.2, 0.25) is 0 Å². The van der Waals surface area contributed by atoms with Gasteiger partial charge in [-0.2, -0.15) is 5.10 Å². The third kappa shape index (κ3) is 5.73. The number of hydrogen-bond acceptors (Lipinski definition) is 3. The SMILES string of the molecule is CN=C(NCCc1c(Cl)cccc1Cl)N1CCOC(c2cnn(C)c2)C1.I. The van der Waals surface area contributed by atoms with Crippen LogP contribution >= 0.6 is 47.2 Å². The lowest BCUT2D eigenvalue weighted by Gasteiger charge is -2.34. The van der Waals surface area contributed by atoms with Crippen molar-refractivity contribution in [3.63, 3.8) is 0 Å². The number of aromatic nitrogens is 2. The van der Waals surface area contributed by atoms with Crippen molar-refractivity contribution in [3.05, 3.63) is 51.8 Å². The van der Waals surface area contributed by atoms with Crippen LogP contribution in [-0.2, 0) is 18.2 Å². The molecule has 0 radical (unpaired) electrons. The fraction of sp³-hybridized carbons (Fsp3) is 0.444. The molecule has 1 saturated heterocycles. The van der Waals surface area contributed by atoms with E-state index in [1.54, 1.807) is 11.7 Å². The summed E-state index contributed by atoms with van der Waals surface area (Å²) in [6.07, 6.45) is 4.57. The predicted octanol–water partition coefficient (Wildman–Crippen LogP) is 3.54. The molecule has 0 aliphatic carbocycles. The Kier molecular flexibility index (Phi) is 8.65. The van der Waals surface area contributed by atoms with Crippen molar-refractivity contribution >= 4 is 53.1 Å². The Morgan fingerprint density at radius 2 is 2.11 bits per heavy atom. The number of aliphatic imine (C=N–C) groups is 1. The van der Waals surface area contributed by atoms with Crippen molar-refractivity contribution in [2.75, 3.05) is 33.3 Å². The molecule has 3 rings (SSSR count). The molecule has 148 valence electrons. The fourth-order valence-electron chi connectivity index (χ4n) is 3.05. The summed E-state index contributed by atoms with van der Waals surface area (Å²) in [6.45, 7) is 2.88. The molecule has 0 spiro atoms. The normalized spacial score (nSPS) is 17.6. The van der Waals surface area contributed by atoms with E-state index in [9.17, 15) is 0 Å². The van der Waals surface area contributed by atoms with Crippen LogP contribution in [0.5, 0.6) is 0 Å². The highest BCUT2D eigenvalue weighted by molar-refractivity contribution is 14.0. The van der Waals surface area contributed by atoms with Gasteiger partial charge in [-0.05, 0) is 24.1 Å². The first-order valence-electron chi connectivity index (χ1n) is 8.57. The summed E-state index contributed by atoms with van der Waals surface area (Å²) >= 11 is 12.5. The minimum atomic E-state index is -0.00554. The van der Waals surface area contributed by atoms with Gasteiger partial charge in [0.25, 0.3) is 0 Å². The van der Waals surface area contributed by atoms with Crippen LogP contribution in [0.4, 0.5) is 0 Å². The first-order valence-corrected chi connectivity index (χ1v) is 9.32. The highest BCUT2D eigenvalue weighted by Gasteiger charge is 2.25. The molecule has 6 nitrogen and oxygen atoms in total. The maximum atomic E-state index is 6.24. The summed E-state index contributed by atoms with van der Waals surface area (Å²) in [7, 11) is 3.70. The molecule has 1 fully saturated rings. The molecule has 2 heterocycles. The number of morpholine rings is 1. The topological polar surface area (TPSA) is 54.7 Å². The number of hydrogen-bond donors (Lipinski definition) is 1. The van der Waals surface area contributed by atoms with Gasteiger partial charge in [-0.3, -0.25) is 9.67 Å². The lowest BCUT2D eigenvalue weighted by molar-refractivity contribution is -0.00800. The summed E-state index contributed by atoms with van der Waals surface area (Å²) in [5.41, 5.74) is 2.03. The van der Waals surface area contributed by atoms with E-state index in [0.717, 1.165) is 36.6 Å². The predicted molar refractivity (Wildman–Crippen MR) is 120 cm³/mol. The maximum absolute atomic E-state index is 6.24. The lowest BCUT2D eigenvalue weighted by atomic mass is 10.1. The van der Waals surface area contributed by atoms with E-state index in [0.29, 0.717) is 23.2 Å². The fourth-order valence-corrected chi connectivity index (χ4v) is 3.64. The average molecular weight is 524 g/mol. The van der Waals surface area contributed by atoms with Gasteiger partial charge in [-0.1, -0.05) is 29.3 Å². The van der Waals surface area contributed by atoms with Crippen LogP contribution in [0.25, 0.3) is 0 Å². The van der Waals surface area contributed by atoms with Crippen LogP contribution in [0.1, 0.15) is 17.2 Å². The maximum Gasteiger partial charge on any atom is 0.193 e. The molecular weight excluding hydrogens is 500 g/mol. The number of nitrogens with zero attached hydrogens (tertiary/aromatic N) is 4. The monoisotopic (exact) mass is 523 g/mol. The molecule has 0 amide bonds. The highest BCUT2D eigenvalue weighted by atomic mass is 127. The Morgan fingerprint density at radius 3 is 2.74 bits per heavy atom. The molecule has 27 heavy (non-hydrogen) atoms. The molecule has 0 bridgehead atoms. The molecule has 9 heteroatoms. The molecule has 2 aromatic rings. The molecular formula is C18H24Cl2IN5O. The summed E-state index contributed by atoms with van der Waals surface area (Å²) in [6, 6.07) is 5.57. The summed E-state index contributed by atoms with van der Waals surface area (Å²) in [5, 5.41) is 9.01. The van der Waals surface area contributed by atoms with Gasteiger partial charge in [0.15, 0.2) is 5.96 Å². The van der Waals surface area contributed by atoms with Gasteiger partial charge < -0.3 is 15.0 Å². The van der Waals surface area contributed by atoms with Crippen LogP contribution in [0.15, 0.2) is 35.6 Å². The minimum absolute atomic E-state index is 0. The lowest BCUT2D eigenvalue weighted by Crippen LogP contribution is -2.48. The number of ether oxygens (including phenoxy) is 1. The van der Waals surface area contributed by atoms with Crippen LogP contribution in [0.3, 0.4) is 0 Å². The third-order valence-electron chi connectivity index (χ3n) is 4.39. The standard InChI is InChI=1S/C18H23Cl2N5O.HI/c1-21-18(22-7-6-14-15(19)4-3-5-16(14)20)25-8-9-26-17(12-25)13-10-23-24(2)11-13;/h3-5,10-11,17H,6-9,12H2,1-2H3,(H,21,22);1H. The first kappa shape index (κ1) is 22.3. The van der Waals surface area contributed by atoms with E-state index >= 15 is 0 Å². The Labute approximate surface area is 186 Å². The van der Waals surface area contributed by atoms with Crippen LogP contribution in [-0.4, -0.2) is 53.9 Å². The van der Waals surface area contributed by atoms with Gasteiger partial charge in [0.05, 0.1) is 19.3 Å². The molecule has 1 aliphatic rings. The zero-order valence-electron chi connectivity index (χ0n) is 15.4. The number of guanidine groups is 1. The molecule has 0 saturated carbocycles. The second-order valence-corrected chi connectivity index (χ2v) is 6.99. The zero-order chi connectivity index (χ0) is 18.5. The summed E-state index contributed by atoms with van der Waals surface area (Å²) in [4.78, 5) is 6.61. The van der Waals surface area contributed by atoms with Crippen molar-refractivity contribution in [1.29, 1.82) is 0 Å². The quantitative estimate of drug-likeness (QED) is 0.378. The second-order valence-electron chi connectivity index (χ2n) is 6.18. The molecule has 1 atom stereocenters. The Balaban J connectivity index is 0.00000261. The van der Waals surface area contributed by atoms with Crippen molar-refractivity contribution < 1.29 is 4.74 Å². The molecule has 1 aromatic carbocycles. The largest absolute Gasteiger partial charge is 0.370 e. The number of rotatable bonds is 4. The second kappa shape index (κ2) is 10.5. The van der Waals surface area contributed by atoms with E-state index in [1.165, 1.54) is 0 Å². The number of nitrogens with one attached hydrogen (secondary N) is 1. The van der Waals surface area contributed by atoms with E-state index < -0.39 is 0 Å². The van der Waals surface area contributed by atoms with Gasteiger partial charge in [0.1, 0.15) is 6.10 Å². The van der Waals surface area contributed by atoms with E-state index in [-0.39, 0.29) is 30.1 Å². The van der Waals surface area contributed by atoms with Crippen LogP contribution in [0, 0.1) is 0 Å². The Hall–Kier alpha value is -1.03. The number of aryl methyl sites for hydroxylation is 1.